The van der Waals surface area contributed by atoms with Gasteiger partial charge >= 0.3 is 22.9 Å². The molecule has 0 aromatic rings. The summed E-state index contributed by atoms with van der Waals surface area (Å²) in [6.45, 7) is 0.878. The monoisotopic (exact) mass is 323 g/mol. The molecule has 0 fully saturated rings. The van der Waals surface area contributed by atoms with E-state index in [0.717, 1.165) is 38.6 Å². The lowest BCUT2D eigenvalue weighted by molar-refractivity contribution is -0.137. The van der Waals surface area contributed by atoms with Crippen LogP contribution in [0.2, 0.25) is 0 Å². The Morgan fingerprint density at radius 2 is 1.25 bits per heavy atom. The van der Waals surface area contributed by atoms with Crippen molar-refractivity contribution in [1.29, 1.82) is 0 Å². The highest BCUT2D eigenvalue weighted by molar-refractivity contribution is 7.24. The molecule has 0 bridgehead atoms. The maximum Gasteiger partial charge on any atom is 0.340 e. The molecule has 0 saturated carbocycles. The second-order valence-electron chi connectivity index (χ2n) is 4.97. The van der Waals surface area contributed by atoms with Gasteiger partial charge in [0, 0.05) is 13.0 Å². The predicted molar refractivity (Wildman–Crippen MR) is 83.6 cm³/mol. The summed E-state index contributed by atoms with van der Waals surface area (Å²) in [4.78, 5) is 12.3. The van der Waals surface area contributed by atoms with Crippen molar-refractivity contribution in [3.8, 4) is 0 Å². The van der Waals surface area contributed by atoms with Crippen LogP contribution in [-0.4, -0.2) is 35.1 Å². The maximum absolute atomic E-state index is 10.6. The van der Waals surface area contributed by atoms with Gasteiger partial charge in [-0.3, -0.25) is 4.79 Å². The van der Waals surface area contributed by atoms with Gasteiger partial charge in [-0.1, -0.05) is 47.7 Å². The van der Waals surface area contributed by atoms with Crippen molar-refractivity contribution in [3.05, 3.63) is 0 Å². The van der Waals surface area contributed by atoms with Gasteiger partial charge in [-0.05, 0) is 12.8 Å². The highest BCUT2D eigenvalue weighted by Crippen LogP contribution is 2.11. The van der Waals surface area contributed by atoms with Gasteiger partial charge in [-0.2, -0.15) is 0 Å². The Hall–Kier alpha value is -0.370. The zero-order valence-electron chi connectivity index (χ0n) is 12.1. The molecule has 0 heterocycles. The molecule has 5 nitrogen and oxygen atoms in total. The number of unbranched alkanes of at least 4 members (excludes halogenated alkanes) is 7. The molecule has 1 N–H and O–H groups in total. The molecule has 0 aliphatic rings. The van der Waals surface area contributed by atoms with Crippen LogP contribution in [0.5, 0.6) is 0 Å². The Morgan fingerprint density at radius 3 is 1.70 bits per heavy atom. The minimum Gasteiger partial charge on any atom is -0.481 e. The number of rotatable bonds is 15. The summed E-state index contributed by atoms with van der Waals surface area (Å²) in [5, 5.41) is 8.49. The van der Waals surface area contributed by atoms with Gasteiger partial charge in [-0.15, -0.1) is 0 Å². The number of hydrogen-bond donors (Lipinski definition) is 1. The van der Waals surface area contributed by atoms with Crippen LogP contribution in [0.4, 0.5) is 0 Å². The van der Waals surface area contributed by atoms with Crippen LogP contribution >= 0.6 is 16.9 Å². The summed E-state index contributed by atoms with van der Waals surface area (Å²) in [5.41, 5.74) is 0. The summed E-state index contributed by atoms with van der Waals surface area (Å²) < 4.78 is 21.1. The summed E-state index contributed by atoms with van der Waals surface area (Å²) in [6.07, 6.45) is 10.0. The lowest BCUT2D eigenvalue weighted by atomic mass is 10.1. The van der Waals surface area contributed by atoms with Crippen molar-refractivity contribution in [3.63, 3.8) is 0 Å². The van der Waals surface area contributed by atoms with E-state index < -0.39 is 5.97 Å². The largest absolute Gasteiger partial charge is 0.481 e. The zero-order chi connectivity index (χ0) is 15.1. The van der Waals surface area contributed by atoms with Gasteiger partial charge < -0.3 is 5.11 Å². The zero-order valence-corrected chi connectivity index (χ0v) is 14.1. The molecule has 0 spiro atoms. The predicted octanol–water partition coefficient (Wildman–Crippen LogP) is 3.85. The number of carboxylic acids is 1. The van der Waals surface area contributed by atoms with Crippen LogP contribution in [0, 0.1) is 0 Å². The molecule has 7 heteroatoms. The Balaban J connectivity index is 3.28. The first kappa shape index (κ1) is 19.6. The first-order chi connectivity index (χ1) is 9.70. The van der Waals surface area contributed by atoms with Crippen LogP contribution in [0.3, 0.4) is 0 Å². The Bertz CT molecular complexity index is 267. The molecule has 0 rings (SSSR count). The SMILES string of the molecule is O=[PH+]CN(CCCCCCCCCCC(=O)O)C[PH+]=O. The molecule has 0 aliphatic heterocycles. The second kappa shape index (κ2) is 15.0. The van der Waals surface area contributed by atoms with E-state index in [2.05, 4.69) is 0 Å². The molecular weight excluding hydrogens is 296 g/mol. The fourth-order valence-electron chi connectivity index (χ4n) is 2.07. The summed E-state index contributed by atoms with van der Waals surface area (Å²) >= 11 is 0. The number of aliphatic carboxylic acids is 1. The van der Waals surface area contributed by atoms with E-state index in [-0.39, 0.29) is 23.3 Å². The molecule has 0 aromatic carbocycles. The fraction of sp³-hybridized carbons (Fsp3) is 0.923. The quantitative estimate of drug-likeness (QED) is 0.366. The molecular formula is C13H27NO4P2+2. The molecule has 0 amide bonds. The average Bonchev–Trinajstić information content (AvgIpc) is 2.41. The third-order valence-electron chi connectivity index (χ3n) is 3.19. The summed E-state index contributed by atoms with van der Waals surface area (Å²) in [7, 11) is -0.685. The number of carbonyl (C=O) groups is 1. The number of carboxylic acid groups (broad SMARTS) is 1. The van der Waals surface area contributed by atoms with E-state index in [1.165, 1.54) is 19.3 Å². The minimum atomic E-state index is -0.702. The Morgan fingerprint density at radius 1 is 0.800 bits per heavy atom. The van der Waals surface area contributed by atoms with Gasteiger partial charge in [-0.25, -0.2) is 4.90 Å². The molecule has 116 valence electrons. The lowest BCUT2D eigenvalue weighted by Crippen LogP contribution is -2.21. The standard InChI is InChI=1S/C13H25NO4P2/c15-13(16)9-7-5-3-1-2-4-6-8-10-14(11-19-17)12-20-18/h1-12H2,(H,15,16)/p+2. The molecule has 0 aliphatic carbocycles. The van der Waals surface area contributed by atoms with Crippen molar-refractivity contribution < 1.29 is 19.0 Å². The van der Waals surface area contributed by atoms with E-state index in [1.807, 2.05) is 4.90 Å². The highest BCUT2D eigenvalue weighted by atomic mass is 31.1. The van der Waals surface area contributed by atoms with Gasteiger partial charge in [0.1, 0.15) is 0 Å². The van der Waals surface area contributed by atoms with Crippen LogP contribution in [0.25, 0.3) is 0 Å². The number of nitrogens with zero attached hydrogens (tertiary/aromatic N) is 1. The van der Waals surface area contributed by atoms with Crippen molar-refractivity contribution in [2.24, 2.45) is 0 Å². The maximum atomic E-state index is 10.6. The summed E-state index contributed by atoms with van der Waals surface area (Å²) in [5.74, 6) is -0.702. The van der Waals surface area contributed by atoms with Gasteiger partial charge in [0.15, 0.2) is 0 Å². The van der Waals surface area contributed by atoms with Crippen molar-refractivity contribution in [1.82, 2.24) is 4.90 Å². The topological polar surface area (TPSA) is 74.7 Å². The van der Waals surface area contributed by atoms with Gasteiger partial charge in [0.05, 0.1) is 0 Å². The van der Waals surface area contributed by atoms with E-state index >= 15 is 0 Å². The van der Waals surface area contributed by atoms with Crippen LogP contribution in [-0.2, 0) is 13.9 Å². The van der Waals surface area contributed by atoms with E-state index in [4.69, 9.17) is 5.11 Å². The first-order valence-corrected chi connectivity index (χ1v) is 9.58. The average molecular weight is 323 g/mol. The van der Waals surface area contributed by atoms with Gasteiger partial charge in [0.25, 0.3) is 0 Å². The van der Waals surface area contributed by atoms with E-state index in [9.17, 15) is 13.9 Å². The summed E-state index contributed by atoms with van der Waals surface area (Å²) in [6, 6.07) is 0. The fourth-order valence-corrected chi connectivity index (χ4v) is 3.20. The Labute approximate surface area is 124 Å². The molecule has 2 atom stereocenters. The lowest BCUT2D eigenvalue weighted by Gasteiger charge is -2.09. The highest BCUT2D eigenvalue weighted by Gasteiger charge is 2.11. The van der Waals surface area contributed by atoms with Gasteiger partial charge in [0.2, 0.25) is 12.6 Å². The van der Waals surface area contributed by atoms with Crippen LogP contribution < -0.4 is 0 Å². The second-order valence-corrected chi connectivity index (χ2v) is 6.18. The number of hydrogen-bond acceptors (Lipinski definition) is 4. The van der Waals surface area contributed by atoms with Crippen molar-refractivity contribution >= 4 is 22.9 Å². The molecule has 0 radical (unpaired) electrons. The molecule has 20 heavy (non-hydrogen) atoms. The third kappa shape index (κ3) is 14.0. The molecule has 0 saturated heterocycles. The smallest absolute Gasteiger partial charge is 0.340 e. The van der Waals surface area contributed by atoms with Crippen LogP contribution in [0.1, 0.15) is 57.8 Å². The first-order valence-electron chi connectivity index (χ1n) is 7.35. The molecule has 0 aromatic heterocycles. The van der Waals surface area contributed by atoms with Crippen molar-refractivity contribution in [2.75, 3.05) is 19.1 Å². The minimum absolute atomic E-state index is 0.288. The van der Waals surface area contributed by atoms with Crippen LogP contribution in [0.15, 0.2) is 0 Å². The Kier molecular flexibility index (Phi) is 14.7. The van der Waals surface area contributed by atoms with E-state index in [0.29, 0.717) is 12.6 Å². The third-order valence-corrected chi connectivity index (χ3v) is 4.34. The molecule has 2 unspecified atom stereocenters. The normalized spacial score (nSPS) is 11.4. The van der Waals surface area contributed by atoms with E-state index in [1.54, 1.807) is 0 Å². The van der Waals surface area contributed by atoms with Crippen molar-refractivity contribution in [2.45, 2.75) is 57.8 Å².